The zero-order chi connectivity index (χ0) is 21.4. The predicted octanol–water partition coefficient (Wildman–Crippen LogP) is 7.31. The largest absolute Gasteiger partial charge is 0.416 e. The zero-order valence-corrected chi connectivity index (χ0v) is 17.2. The lowest BCUT2D eigenvalue weighted by molar-refractivity contribution is -0.142. The molecule has 0 radical (unpaired) electrons. The first-order chi connectivity index (χ1) is 13.5. The van der Waals surface area contributed by atoms with E-state index in [0.717, 1.165) is 31.4 Å². The molecule has 158 valence electrons. The minimum atomic E-state index is -4.80. The molecule has 0 heterocycles. The quantitative estimate of drug-likeness (QED) is 0.351. The van der Waals surface area contributed by atoms with Crippen molar-refractivity contribution in [3.05, 3.63) is 64.7 Å². The molecule has 0 saturated heterocycles. The van der Waals surface area contributed by atoms with Gasteiger partial charge in [0.05, 0.1) is 11.1 Å². The van der Waals surface area contributed by atoms with E-state index in [-0.39, 0.29) is 31.5 Å². The van der Waals surface area contributed by atoms with Crippen molar-refractivity contribution in [2.45, 2.75) is 57.0 Å². The lowest BCUT2D eigenvalue weighted by Gasteiger charge is -2.28. The molecule has 3 rings (SSSR count). The van der Waals surface area contributed by atoms with Crippen molar-refractivity contribution in [1.82, 2.24) is 0 Å². The zero-order valence-electron chi connectivity index (χ0n) is 16.2. The third-order valence-electron chi connectivity index (χ3n) is 5.78. The highest BCUT2D eigenvalue weighted by Crippen LogP contribution is 2.47. The van der Waals surface area contributed by atoms with Gasteiger partial charge in [0, 0.05) is 0 Å². The SMILES string of the molecule is Cc1ccccc1C1CCCC1[C@@H](C)Pc1cc(C(F)(F)F)cc(C(F)(F)F)c1. The van der Waals surface area contributed by atoms with E-state index in [9.17, 15) is 26.3 Å². The van der Waals surface area contributed by atoms with E-state index >= 15 is 0 Å². The molecular weight excluding hydrogens is 409 g/mol. The summed E-state index contributed by atoms with van der Waals surface area (Å²) in [6.45, 7) is 3.99. The van der Waals surface area contributed by atoms with Gasteiger partial charge in [0.25, 0.3) is 0 Å². The fraction of sp³-hybridized carbons (Fsp3) is 0.455. The molecule has 29 heavy (non-hydrogen) atoms. The van der Waals surface area contributed by atoms with Crippen LogP contribution in [0.5, 0.6) is 0 Å². The van der Waals surface area contributed by atoms with Crippen LogP contribution in [0.3, 0.4) is 0 Å². The summed E-state index contributed by atoms with van der Waals surface area (Å²) in [4.78, 5) is 0. The van der Waals surface area contributed by atoms with Gasteiger partial charge in [-0.2, -0.15) is 26.3 Å². The second-order valence-corrected chi connectivity index (χ2v) is 9.56. The molecule has 2 aromatic rings. The van der Waals surface area contributed by atoms with Crippen molar-refractivity contribution in [2.75, 3.05) is 0 Å². The molecule has 7 heteroatoms. The van der Waals surface area contributed by atoms with Gasteiger partial charge in [-0.05, 0) is 71.9 Å². The third-order valence-corrected chi connectivity index (χ3v) is 7.29. The van der Waals surface area contributed by atoms with E-state index < -0.39 is 23.5 Å². The van der Waals surface area contributed by atoms with Gasteiger partial charge in [-0.1, -0.05) is 46.2 Å². The van der Waals surface area contributed by atoms with Crippen LogP contribution >= 0.6 is 8.58 Å². The van der Waals surface area contributed by atoms with Crippen molar-refractivity contribution in [3.63, 3.8) is 0 Å². The van der Waals surface area contributed by atoms with Gasteiger partial charge < -0.3 is 0 Å². The fourth-order valence-electron chi connectivity index (χ4n) is 4.38. The van der Waals surface area contributed by atoms with Gasteiger partial charge in [-0.3, -0.25) is 0 Å². The molecule has 0 amide bonds. The molecule has 0 bridgehead atoms. The topological polar surface area (TPSA) is 0 Å². The fourth-order valence-corrected chi connectivity index (χ4v) is 6.00. The number of halogens is 6. The first-order valence-corrected chi connectivity index (χ1v) is 10.7. The van der Waals surface area contributed by atoms with Crippen molar-refractivity contribution >= 4 is 13.9 Å². The van der Waals surface area contributed by atoms with Crippen LogP contribution in [-0.4, -0.2) is 5.66 Å². The maximum Gasteiger partial charge on any atom is 0.416 e. The van der Waals surface area contributed by atoms with Crippen LogP contribution in [0.2, 0.25) is 0 Å². The van der Waals surface area contributed by atoms with E-state index in [4.69, 9.17) is 0 Å². The third kappa shape index (κ3) is 5.14. The summed E-state index contributed by atoms with van der Waals surface area (Å²) in [6.07, 6.45) is -6.64. The minimum Gasteiger partial charge on any atom is -0.166 e. The molecule has 0 aromatic heterocycles. The number of hydrogen-bond acceptors (Lipinski definition) is 0. The molecule has 4 atom stereocenters. The van der Waals surface area contributed by atoms with Crippen molar-refractivity contribution in [2.24, 2.45) is 5.92 Å². The Balaban J connectivity index is 1.88. The summed E-state index contributed by atoms with van der Waals surface area (Å²) in [5, 5.41) is 0.120. The van der Waals surface area contributed by atoms with Crippen LogP contribution in [0, 0.1) is 12.8 Å². The van der Waals surface area contributed by atoms with Crippen molar-refractivity contribution in [1.29, 1.82) is 0 Å². The Morgan fingerprint density at radius 2 is 1.48 bits per heavy atom. The van der Waals surface area contributed by atoms with Crippen LogP contribution in [0.25, 0.3) is 0 Å². The van der Waals surface area contributed by atoms with Gasteiger partial charge in [0.1, 0.15) is 0 Å². The number of alkyl halides is 6. The summed E-state index contributed by atoms with van der Waals surface area (Å²) >= 11 is 0. The van der Waals surface area contributed by atoms with Crippen LogP contribution in [0.1, 0.15) is 54.4 Å². The molecule has 3 unspecified atom stereocenters. The maximum atomic E-state index is 13.1. The molecule has 2 aromatic carbocycles. The van der Waals surface area contributed by atoms with Crippen LogP contribution < -0.4 is 5.30 Å². The Kier molecular flexibility index (Phi) is 6.33. The first-order valence-electron chi connectivity index (χ1n) is 9.58. The van der Waals surface area contributed by atoms with Crippen LogP contribution in [0.15, 0.2) is 42.5 Å². The van der Waals surface area contributed by atoms with Crippen LogP contribution in [-0.2, 0) is 12.4 Å². The van der Waals surface area contributed by atoms with Crippen LogP contribution in [0.4, 0.5) is 26.3 Å². The van der Waals surface area contributed by atoms with E-state index in [1.165, 1.54) is 11.1 Å². The summed E-state index contributed by atoms with van der Waals surface area (Å²) in [6, 6.07) is 10.0. The van der Waals surface area contributed by atoms with E-state index in [1.807, 2.05) is 32.0 Å². The Morgan fingerprint density at radius 3 is 2.03 bits per heavy atom. The molecule has 1 aliphatic carbocycles. The molecule has 0 aliphatic heterocycles. The van der Waals surface area contributed by atoms with Gasteiger partial charge >= 0.3 is 12.4 Å². The minimum absolute atomic E-state index is 0.00618. The molecule has 0 nitrogen and oxygen atoms in total. The smallest absolute Gasteiger partial charge is 0.166 e. The number of benzene rings is 2. The molecule has 1 fully saturated rings. The predicted molar refractivity (Wildman–Crippen MR) is 105 cm³/mol. The van der Waals surface area contributed by atoms with E-state index in [2.05, 4.69) is 6.07 Å². The number of aryl methyl sites for hydroxylation is 1. The molecule has 0 N–H and O–H groups in total. The van der Waals surface area contributed by atoms with Gasteiger partial charge in [-0.15, -0.1) is 0 Å². The molecule has 0 spiro atoms. The number of hydrogen-bond donors (Lipinski definition) is 0. The summed E-state index contributed by atoms with van der Waals surface area (Å²) in [5.41, 5.74) is -0.0375. The molecule has 1 aliphatic rings. The lowest BCUT2D eigenvalue weighted by Crippen LogP contribution is -2.21. The highest BCUT2D eigenvalue weighted by atomic mass is 31.1. The Morgan fingerprint density at radius 1 is 0.897 bits per heavy atom. The highest BCUT2D eigenvalue weighted by molar-refractivity contribution is 7.48. The lowest BCUT2D eigenvalue weighted by atomic mass is 9.85. The van der Waals surface area contributed by atoms with Gasteiger partial charge in [0.2, 0.25) is 0 Å². The second-order valence-electron chi connectivity index (χ2n) is 7.79. The molecular formula is C22H23F6P. The Bertz CT molecular complexity index is 823. The van der Waals surface area contributed by atoms with E-state index in [0.29, 0.717) is 5.92 Å². The highest BCUT2D eigenvalue weighted by Gasteiger charge is 2.38. The average Bonchev–Trinajstić information content (AvgIpc) is 3.10. The summed E-state index contributed by atoms with van der Waals surface area (Å²) in [5.74, 6) is 0.546. The molecule has 1 saturated carbocycles. The number of rotatable bonds is 4. The maximum absolute atomic E-state index is 13.1. The van der Waals surface area contributed by atoms with Gasteiger partial charge in [0.15, 0.2) is 0 Å². The Hall–Kier alpha value is -1.55. The standard InChI is InChI=1S/C22H23F6P/c1-13-6-3-4-7-18(13)20-9-5-8-19(20)14(2)29-17-11-15(21(23,24)25)10-16(12-17)22(26,27)28/h3-4,6-7,10-12,14,19-20,29H,5,8-9H2,1-2H3/t14-,19?,20?/m1/s1. The van der Waals surface area contributed by atoms with E-state index in [1.54, 1.807) is 0 Å². The van der Waals surface area contributed by atoms with Gasteiger partial charge in [-0.25, -0.2) is 0 Å². The second kappa shape index (κ2) is 8.29. The summed E-state index contributed by atoms with van der Waals surface area (Å²) in [7, 11) is -0.109. The average molecular weight is 432 g/mol. The van der Waals surface area contributed by atoms with Crippen molar-refractivity contribution < 1.29 is 26.3 Å². The summed E-state index contributed by atoms with van der Waals surface area (Å²) < 4.78 is 78.8. The van der Waals surface area contributed by atoms with Crippen molar-refractivity contribution in [3.8, 4) is 0 Å². The monoisotopic (exact) mass is 432 g/mol. The Labute approximate surface area is 168 Å². The first kappa shape index (κ1) is 22.1. The normalized spacial score (nSPS) is 21.8.